The van der Waals surface area contributed by atoms with Gasteiger partial charge < -0.3 is 9.96 Å². The summed E-state index contributed by atoms with van der Waals surface area (Å²) in [7, 11) is 6.48. The first kappa shape index (κ1) is 8.65. The van der Waals surface area contributed by atoms with Crippen molar-refractivity contribution in [1.82, 2.24) is 5.23 Å². The lowest BCUT2D eigenvalue weighted by molar-refractivity contribution is 0.0978. The standard InChI is InChI=1S/C8H8BNO2/c1-12-7-5-3-2-4-6(7)8(11)10-9/h2-5H,1H3,(H,10,11). The summed E-state index contributed by atoms with van der Waals surface area (Å²) in [6, 6.07) is 6.87. The van der Waals surface area contributed by atoms with Crippen molar-refractivity contribution in [3.8, 4) is 5.75 Å². The van der Waals surface area contributed by atoms with Crippen molar-refractivity contribution in [2.75, 3.05) is 7.11 Å². The topological polar surface area (TPSA) is 38.3 Å². The van der Waals surface area contributed by atoms with Gasteiger partial charge in [-0.2, -0.15) is 0 Å². The molecular weight excluding hydrogens is 153 g/mol. The lowest BCUT2D eigenvalue weighted by atomic mass is 10.1. The third-order valence-corrected chi connectivity index (χ3v) is 1.48. The van der Waals surface area contributed by atoms with E-state index in [1.165, 1.54) is 7.11 Å². The third kappa shape index (κ3) is 1.58. The molecule has 1 rings (SSSR count). The fraction of sp³-hybridized carbons (Fsp3) is 0.125. The number of hydrogen-bond acceptors (Lipinski definition) is 2. The second-order valence-corrected chi connectivity index (χ2v) is 2.17. The molecular formula is C8H8BNO2. The number of carbonyl (C=O) groups is 1. The number of methoxy groups -OCH3 is 1. The Morgan fingerprint density at radius 3 is 2.75 bits per heavy atom. The maximum absolute atomic E-state index is 11.1. The van der Waals surface area contributed by atoms with Crippen molar-refractivity contribution >= 4 is 13.9 Å². The number of hydrogen-bond donors (Lipinski definition) is 1. The van der Waals surface area contributed by atoms with Gasteiger partial charge in [0.25, 0.3) is 0 Å². The van der Waals surface area contributed by atoms with Crippen LogP contribution in [0.5, 0.6) is 5.75 Å². The molecule has 0 saturated heterocycles. The van der Waals surface area contributed by atoms with E-state index >= 15 is 0 Å². The maximum Gasteiger partial charge on any atom is 0.242 e. The third-order valence-electron chi connectivity index (χ3n) is 1.48. The molecule has 0 fully saturated rings. The molecule has 0 aromatic heterocycles. The number of nitrogens with one attached hydrogen (secondary N) is 1. The van der Waals surface area contributed by atoms with Gasteiger partial charge in [-0.05, 0) is 12.1 Å². The molecule has 0 spiro atoms. The number of ether oxygens (including phenoxy) is 1. The van der Waals surface area contributed by atoms with E-state index in [0.717, 1.165) is 0 Å². The van der Waals surface area contributed by atoms with Crippen molar-refractivity contribution < 1.29 is 9.53 Å². The highest BCUT2D eigenvalue weighted by atomic mass is 16.5. The van der Waals surface area contributed by atoms with Gasteiger partial charge in [0.15, 0.2) is 0 Å². The Kier molecular flexibility index (Phi) is 2.74. The Morgan fingerprint density at radius 1 is 1.50 bits per heavy atom. The van der Waals surface area contributed by atoms with Gasteiger partial charge in [0, 0.05) is 0 Å². The predicted molar refractivity (Wildman–Crippen MR) is 46.2 cm³/mol. The minimum atomic E-state index is -0.354. The Balaban J connectivity index is 3.04. The van der Waals surface area contributed by atoms with Crippen LogP contribution in [0.1, 0.15) is 10.4 Å². The van der Waals surface area contributed by atoms with E-state index in [0.29, 0.717) is 11.3 Å². The molecule has 3 nitrogen and oxygen atoms in total. The molecule has 0 aliphatic heterocycles. The number of benzene rings is 1. The second-order valence-electron chi connectivity index (χ2n) is 2.17. The smallest absolute Gasteiger partial charge is 0.242 e. The van der Waals surface area contributed by atoms with Gasteiger partial charge in [0.2, 0.25) is 13.9 Å². The lowest BCUT2D eigenvalue weighted by Gasteiger charge is -2.05. The van der Waals surface area contributed by atoms with E-state index in [4.69, 9.17) is 12.7 Å². The number of amides is 1. The molecule has 1 aromatic carbocycles. The Labute approximate surface area is 72.2 Å². The molecule has 1 N–H and O–H groups in total. The van der Waals surface area contributed by atoms with Gasteiger partial charge in [-0.15, -0.1) is 0 Å². The van der Waals surface area contributed by atoms with Crippen molar-refractivity contribution in [3.05, 3.63) is 29.8 Å². The zero-order valence-electron chi connectivity index (χ0n) is 6.70. The monoisotopic (exact) mass is 161 g/mol. The van der Waals surface area contributed by atoms with E-state index in [1.54, 1.807) is 24.3 Å². The summed E-state index contributed by atoms with van der Waals surface area (Å²) >= 11 is 0. The van der Waals surface area contributed by atoms with Gasteiger partial charge in [-0.3, -0.25) is 4.79 Å². The molecule has 0 atom stereocenters. The average Bonchev–Trinajstić information content (AvgIpc) is 2.16. The van der Waals surface area contributed by atoms with Crippen LogP contribution in [-0.2, 0) is 0 Å². The Bertz CT molecular complexity index is 288. The minimum absolute atomic E-state index is 0.354. The molecule has 4 heteroatoms. The summed E-state index contributed by atoms with van der Waals surface area (Å²) in [6.45, 7) is 0. The normalized spacial score (nSPS) is 9.08. The van der Waals surface area contributed by atoms with E-state index in [-0.39, 0.29) is 5.91 Å². The van der Waals surface area contributed by atoms with E-state index < -0.39 is 0 Å². The minimum Gasteiger partial charge on any atom is -0.496 e. The Morgan fingerprint density at radius 2 is 2.17 bits per heavy atom. The molecule has 0 aliphatic carbocycles. The van der Waals surface area contributed by atoms with Crippen molar-refractivity contribution in [3.63, 3.8) is 0 Å². The van der Waals surface area contributed by atoms with Crippen LogP contribution in [0.25, 0.3) is 0 Å². The largest absolute Gasteiger partial charge is 0.496 e. The fourth-order valence-electron chi connectivity index (χ4n) is 0.910. The van der Waals surface area contributed by atoms with Crippen LogP contribution in [-0.4, -0.2) is 21.0 Å². The van der Waals surface area contributed by atoms with E-state index in [9.17, 15) is 4.79 Å². The molecule has 0 saturated carbocycles. The van der Waals surface area contributed by atoms with Gasteiger partial charge in [0.05, 0.1) is 12.7 Å². The first-order valence-electron chi connectivity index (χ1n) is 3.43. The number of rotatable bonds is 2. The molecule has 1 amide bonds. The highest BCUT2D eigenvalue weighted by Gasteiger charge is 2.07. The molecule has 1 aromatic rings. The predicted octanol–water partition coefficient (Wildman–Crippen LogP) is 0.508. The SMILES string of the molecule is [B]NC(=O)c1ccccc1OC. The summed E-state index contributed by atoms with van der Waals surface area (Å²) < 4.78 is 4.95. The zero-order chi connectivity index (χ0) is 8.97. The van der Waals surface area contributed by atoms with Crippen LogP contribution in [0.3, 0.4) is 0 Å². The van der Waals surface area contributed by atoms with Crippen molar-refractivity contribution in [2.45, 2.75) is 0 Å². The van der Waals surface area contributed by atoms with Gasteiger partial charge >= 0.3 is 0 Å². The molecule has 60 valence electrons. The Hall–Kier alpha value is -1.45. The molecule has 0 heterocycles. The van der Waals surface area contributed by atoms with Crippen LogP contribution in [0.4, 0.5) is 0 Å². The lowest BCUT2D eigenvalue weighted by Crippen LogP contribution is -2.20. The van der Waals surface area contributed by atoms with Crippen LogP contribution in [0.15, 0.2) is 24.3 Å². The zero-order valence-corrected chi connectivity index (χ0v) is 6.70. The fourth-order valence-corrected chi connectivity index (χ4v) is 0.910. The number of carbonyl (C=O) groups excluding carboxylic acids is 1. The van der Waals surface area contributed by atoms with Crippen LogP contribution in [0, 0.1) is 0 Å². The summed E-state index contributed by atoms with van der Waals surface area (Å²) in [5.41, 5.74) is 0.433. The van der Waals surface area contributed by atoms with Crippen molar-refractivity contribution in [2.24, 2.45) is 0 Å². The maximum atomic E-state index is 11.1. The number of para-hydroxylation sites is 1. The molecule has 12 heavy (non-hydrogen) atoms. The highest BCUT2D eigenvalue weighted by Crippen LogP contribution is 2.16. The molecule has 2 radical (unpaired) electrons. The van der Waals surface area contributed by atoms with Crippen molar-refractivity contribution in [1.29, 1.82) is 0 Å². The van der Waals surface area contributed by atoms with Gasteiger partial charge in [0.1, 0.15) is 5.75 Å². The second kappa shape index (κ2) is 3.81. The van der Waals surface area contributed by atoms with Crippen LogP contribution in [0.2, 0.25) is 0 Å². The first-order valence-corrected chi connectivity index (χ1v) is 3.43. The quantitative estimate of drug-likeness (QED) is 0.641. The summed E-state index contributed by atoms with van der Waals surface area (Å²) in [6.07, 6.45) is 0. The summed E-state index contributed by atoms with van der Waals surface area (Å²) in [4.78, 5) is 11.1. The summed E-state index contributed by atoms with van der Waals surface area (Å²) in [5.74, 6) is 0.160. The van der Waals surface area contributed by atoms with E-state index in [1.807, 2.05) is 5.23 Å². The van der Waals surface area contributed by atoms with Crippen LogP contribution < -0.4 is 9.96 Å². The van der Waals surface area contributed by atoms with Crippen LogP contribution >= 0.6 is 0 Å². The molecule has 0 bridgehead atoms. The summed E-state index contributed by atoms with van der Waals surface area (Å²) in [5, 5.41) is 2.04. The average molecular weight is 161 g/mol. The molecule has 0 unspecified atom stereocenters. The highest BCUT2D eigenvalue weighted by molar-refractivity contribution is 6.18. The molecule has 0 aliphatic rings. The van der Waals surface area contributed by atoms with E-state index in [2.05, 4.69) is 0 Å². The van der Waals surface area contributed by atoms with Gasteiger partial charge in [-0.25, -0.2) is 0 Å². The van der Waals surface area contributed by atoms with Gasteiger partial charge in [-0.1, -0.05) is 12.1 Å². The first-order chi connectivity index (χ1) is 5.79.